The molecule has 0 aliphatic rings. The van der Waals surface area contributed by atoms with Crippen molar-refractivity contribution in [3.05, 3.63) is 24.0 Å². The van der Waals surface area contributed by atoms with Gasteiger partial charge >= 0.3 is 0 Å². The number of nitrogens with one attached hydrogen (secondary N) is 1. The van der Waals surface area contributed by atoms with Crippen LogP contribution in [0.2, 0.25) is 0 Å². The Kier molecular flexibility index (Phi) is 5.41. The van der Waals surface area contributed by atoms with Gasteiger partial charge in [-0.05, 0) is 45.2 Å². The highest BCUT2D eigenvalue weighted by Gasteiger charge is 2.13. The normalized spacial score (nSPS) is 14.6. The van der Waals surface area contributed by atoms with E-state index in [1.54, 1.807) is 6.92 Å². The van der Waals surface area contributed by atoms with Crippen LogP contribution in [0.15, 0.2) is 18.3 Å². The highest BCUT2D eigenvalue weighted by molar-refractivity contribution is 5.92. The summed E-state index contributed by atoms with van der Waals surface area (Å²) in [6, 6.07) is 3.98. The molecule has 0 saturated carbocycles. The second-order valence-electron chi connectivity index (χ2n) is 5.29. The molecule has 0 fully saturated rings. The summed E-state index contributed by atoms with van der Waals surface area (Å²) in [6.45, 7) is 8.48. The van der Waals surface area contributed by atoms with Gasteiger partial charge in [0.25, 0.3) is 5.91 Å². The Morgan fingerprint density at radius 3 is 2.61 bits per heavy atom. The van der Waals surface area contributed by atoms with Gasteiger partial charge in [-0.15, -0.1) is 0 Å². The summed E-state index contributed by atoms with van der Waals surface area (Å²) in [4.78, 5) is 12.0. The minimum atomic E-state index is -0.323. The number of amides is 1. The average Bonchev–Trinajstić information content (AvgIpc) is 2.73. The van der Waals surface area contributed by atoms with Gasteiger partial charge in [0.1, 0.15) is 5.69 Å². The molecule has 0 spiro atoms. The van der Waals surface area contributed by atoms with E-state index in [0.29, 0.717) is 18.7 Å². The molecule has 0 bridgehead atoms. The first kappa shape index (κ1) is 14.8. The van der Waals surface area contributed by atoms with Crippen LogP contribution in [0.25, 0.3) is 0 Å². The van der Waals surface area contributed by atoms with Crippen LogP contribution in [-0.4, -0.2) is 28.2 Å². The lowest BCUT2D eigenvalue weighted by Crippen LogP contribution is -2.31. The standard InChI is InChI=1S/C14H24N2O2/c1-10(2)16-7-5-6-13(16)14(18)15-9-11(3)8-12(4)17/h5-7,10-12,17H,8-9H2,1-4H3,(H,15,18). The number of aliphatic hydroxyl groups excluding tert-OH is 1. The zero-order valence-corrected chi connectivity index (χ0v) is 11.7. The predicted molar refractivity (Wildman–Crippen MR) is 72.6 cm³/mol. The zero-order chi connectivity index (χ0) is 13.7. The number of aliphatic hydroxyl groups is 1. The molecule has 1 aromatic heterocycles. The molecule has 1 amide bonds. The second-order valence-corrected chi connectivity index (χ2v) is 5.29. The van der Waals surface area contributed by atoms with Crippen molar-refractivity contribution in [2.75, 3.05) is 6.54 Å². The Hall–Kier alpha value is -1.29. The van der Waals surface area contributed by atoms with E-state index in [1.807, 2.05) is 43.7 Å². The minimum Gasteiger partial charge on any atom is -0.393 e. The Morgan fingerprint density at radius 1 is 1.39 bits per heavy atom. The molecule has 18 heavy (non-hydrogen) atoms. The van der Waals surface area contributed by atoms with Crippen LogP contribution in [0.4, 0.5) is 0 Å². The second kappa shape index (κ2) is 6.59. The molecule has 2 atom stereocenters. The summed E-state index contributed by atoms with van der Waals surface area (Å²) < 4.78 is 1.95. The number of carbonyl (C=O) groups excluding carboxylic acids is 1. The molecule has 1 aromatic rings. The molecule has 0 aliphatic heterocycles. The zero-order valence-electron chi connectivity index (χ0n) is 11.7. The summed E-state index contributed by atoms with van der Waals surface area (Å²) in [5, 5.41) is 12.2. The molecule has 4 nitrogen and oxygen atoms in total. The summed E-state index contributed by atoms with van der Waals surface area (Å²) >= 11 is 0. The summed E-state index contributed by atoms with van der Waals surface area (Å²) in [7, 11) is 0. The average molecular weight is 252 g/mol. The number of hydrogen-bond acceptors (Lipinski definition) is 2. The van der Waals surface area contributed by atoms with Crippen LogP contribution >= 0.6 is 0 Å². The molecule has 0 aliphatic carbocycles. The van der Waals surface area contributed by atoms with Crippen molar-refractivity contribution in [3.63, 3.8) is 0 Å². The fraction of sp³-hybridized carbons (Fsp3) is 0.643. The molecule has 4 heteroatoms. The maximum atomic E-state index is 12.0. The number of rotatable bonds is 6. The molecule has 1 rings (SSSR count). The van der Waals surface area contributed by atoms with E-state index >= 15 is 0 Å². The van der Waals surface area contributed by atoms with Gasteiger partial charge in [-0.3, -0.25) is 4.79 Å². The Labute approximate surface area is 109 Å². The topological polar surface area (TPSA) is 54.3 Å². The van der Waals surface area contributed by atoms with Crippen LogP contribution in [0, 0.1) is 5.92 Å². The fourth-order valence-electron chi connectivity index (χ4n) is 2.06. The number of nitrogens with zero attached hydrogens (tertiary/aromatic N) is 1. The van der Waals surface area contributed by atoms with Crippen molar-refractivity contribution < 1.29 is 9.90 Å². The lowest BCUT2D eigenvalue weighted by atomic mass is 10.0. The quantitative estimate of drug-likeness (QED) is 0.815. The first-order valence-electron chi connectivity index (χ1n) is 6.55. The summed E-state index contributed by atoms with van der Waals surface area (Å²) in [6.07, 6.45) is 2.29. The summed E-state index contributed by atoms with van der Waals surface area (Å²) in [5.74, 6) is 0.225. The highest BCUT2D eigenvalue weighted by atomic mass is 16.3. The Bertz CT molecular complexity index is 383. The number of aromatic nitrogens is 1. The molecule has 0 radical (unpaired) electrons. The van der Waals surface area contributed by atoms with Crippen LogP contribution in [0.3, 0.4) is 0 Å². The first-order valence-corrected chi connectivity index (χ1v) is 6.55. The molecule has 1 heterocycles. The van der Waals surface area contributed by atoms with Gasteiger partial charge in [0.05, 0.1) is 6.10 Å². The van der Waals surface area contributed by atoms with Gasteiger partial charge < -0.3 is 15.0 Å². The SMILES string of the molecule is CC(O)CC(C)CNC(=O)c1cccn1C(C)C. The molecule has 2 N–H and O–H groups in total. The lowest BCUT2D eigenvalue weighted by Gasteiger charge is -2.16. The molecule has 0 aromatic carbocycles. The Balaban J connectivity index is 2.53. The first-order chi connectivity index (χ1) is 8.41. The van der Waals surface area contributed by atoms with E-state index in [9.17, 15) is 9.90 Å². The number of carbonyl (C=O) groups is 1. The largest absolute Gasteiger partial charge is 0.393 e. The molecule has 2 unspecified atom stereocenters. The van der Waals surface area contributed by atoms with Crippen molar-refractivity contribution in [2.24, 2.45) is 5.92 Å². The lowest BCUT2D eigenvalue weighted by molar-refractivity contribution is 0.0928. The van der Waals surface area contributed by atoms with Gasteiger partial charge in [0.15, 0.2) is 0 Å². The monoisotopic (exact) mass is 252 g/mol. The molecular weight excluding hydrogens is 228 g/mol. The highest BCUT2D eigenvalue weighted by Crippen LogP contribution is 2.11. The van der Waals surface area contributed by atoms with E-state index in [2.05, 4.69) is 5.32 Å². The maximum absolute atomic E-state index is 12.0. The summed E-state index contributed by atoms with van der Waals surface area (Å²) in [5.41, 5.74) is 0.689. The molecule has 0 saturated heterocycles. The van der Waals surface area contributed by atoms with E-state index in [4.69, 9.17) is 0 Å². The minimum absolute atomic E-state index is 0.0499. The smallest absolute Gasteiger partial charge is 0.267 e. The fourth-order valence-corrected chi connectivity index (χ4v) is 2.06. The van der Waals surface area contributed by atoms with Crippen LogP contribution < -0.4 is 5.32 Å². The van der Waals surface area contributed by atoms with E-state index < -0.39 is 0 Å². The predicted octanol–water partition coefficient (Wildman–Crippen LogP) is 2.21. The van der Waals surface area contributed by atoms with Crippen molar-refractivity contribution in [1.82, 2.24) is 9.88 Å². The Morgan fingerprint density at radius 2 is 2.06 bits per heavy atom. The van der Waals surface area contributed by atoms with Crippen molar-refractivity contribution in [3.8, 4) is 0 Å². The maximum Gasteiger partial charge on any atom is 0.267 e. The molecular formula is C14H24N2O2. The van der Waals surface area contributed by atoms with Gasteiger partial charge in [-0.2, -0.15) is 0 Å². The third-order valence-corrected chi connectivity index (χ3v) is 2.92. The van der Waals surface area contributed by atoms with Crippen LogP contribution in [0.5, 0.6) is 0 Å². The van der Waals surface area contributed by atoms with Gasteiger partial charge in [0, 0.05) is 18.8 Å². The van der Waals surface area contributed by atoms with Gasteiger partial charge in [0.2, 0.25) is 0 Å². The van der Waals surface area contributed by atoms with Crippen LogP contribution in [0.1, 0.15) is 50.6 Å². The van der Waals surface area contributed by atoms with E-state index in [-0.39, 0.29) is 24.0 Å². The molecule has 102 valence electrons. The van der Waals surface area contributed by atoms with Gasteiger partial charge in [-0.1, -0.05) is 6.92 Å². The van der Waals surface area contributed by atoms with E-state index in [0.717, 1.165) is 0 Å². The third kappa shape index (κ3) is 4.18. The number of hydrogen-bond donors (Lipinski definition) is 2. The van der Waals surface area contributed by atoms with Crippen molar-refractivity contribution in [2.45, 2.75) is 46.3 Å². The van der Waals surface area contributed by atoms with Crippen LogP contribution in [-0.2, 0) is 0 Å². The van der Waals surface area contributed by atoms with Gasteiger partial charge in [-0.25, -0.2) is 0 Å². The van der Waals surface area contributed by atoms with Crippen molar-refractivity contribution in [1.29, 1.82) is 0 Å². The van der Waals surface area contributed by atoms with E-state index in [1.165, 1.54) is 0 Å². The van der Waals surface area contributed by atoms with Crippen molar-refractivity contribution >= 4 is 5.91 Å². The third-order valence-electron chi connectivity index (χ3n) is 2.92.